The van der Waals surface area contributed by atoms with E-state index in [2.05, 4.69) is 27.3 Å². The highest BCUT2D eigenvalue weighted by Gasteiger charge is 2.35. The van der Waals surface area contributed by atoms with Gasteiger partial charge in [0, 0.05) is 11.3 Å². The van der Waals surface area contributed by atoms with Gasteiger partial charge in [0.05, 0.1) is 0 Å². The summed E-state index contributed by atoms with van der Waals surface area (Å²) in [4.78, 5) is 3.54. The Bertz CT molecular complexity index is 527. The maximum Gasteiger partial charge on any atom is 0.400 e. The molecular weight excluding hydrogens is 270 g/mol. The van der Waals surface area contributed by atoms with Crippen LogP contribution in [0.1, 0.15) is 11.5 Å². The Labute approximate surface area is 106 Å². The number of nitrogens with zero attached hydrogens (tertiary/aromatic N) is 2. The Morgan fingerprint density at radius 2 is 2.18 bits per heavy atom. The number of rotatable bonds is 3. The number of thiol groups is 1. The van der Waals surface area contributed by atoms with Crippen molar-refractivity contribution in [3.63, 3.8) is 0 Å². The van der Waals surface area contributed by atoms with Crippen molar-refractivity contribution in [1.82, 2.24) is 10.1 Å². The van der Waals surface area contributed by atoms with Gasteiger partial charge < -0.3 is 4.52 Å². The molecule has 1 aromatic heterocycles. The van der Waals surface area contributed by atoms with Crippen molar-refractivity contribution < 1.29 is 13.3 Å². The first-order valence-electron chi connectivity index (χ1n) is 4.62. The van der Waals surface area contributed by atoms with Crippen LogP contribution in [0.5, 0.6) is 0 Å². The van der Waals surface area contributed by atoms with Crippen LogP contribution in [0.15, 0.2) is 28.8 Å². The van der Waals surface area contributed by atoms with E-state index in [0.717, 1.165) is 5.56 Å². The molecule has 1 aromatic carbocycles. The summed E-state index contributed by atoms with van der Waals surface area (Å²) in [5.41, 5.74) is 1.50. The van der Waals surface area contributed by atoms with Crippen molar-refractivity contribution in [2.45, 2.75) is 11.1 Å². The molecule has 0 aliphatic heterocycles. The molecule has 0 N–H and O–H groups in total. The summed E-state index contributed by atoms with van der Waals surface area (Å²) in [6.45, 7) is 0. The molecule has 0 atom stereocenters. The van der Waals surface area contributed by atoms with E-state index in [1.807, 2.05) is 6.07 Å². The first-order chi connectivity index (χ1) is 8.00. The average Bonchev–Trinajstić information content (AvgIpc) is 2.78. The molecule has 7 heteroatoms. The fourth-order valence-electron chi connectivity index (χ4n) is 1.26. The molecule has 0 spiro atoms. The third-order valence-electron chi connectivity index (χ3n) is 2.04. The van der Waals surface area contributed by atoms with Crippen molar-refractivity contribution in [2.75, 3.05) is 0 Å². The standard InChI is InChI=1S/C10H7ClF2N2OS/c11-10(12,13)9-14-8(15-16-9)7-3-1-2-6(4-7)5-17/h1-4,17H,5H2. The van der Waals surface area contributed by atoms with Crippen LogP contribution in [-0.2, 0) is 11.1 Å². The summed E-state index contributed by atoms with van der Waals surface area (Å²) in [5.74, 6) is -0.307. The molecule has 0 bridgehead atoms. The summed E-state index contributed by atoms with van der Waals surface area (Å²) in [6.07, 6.45) is 0. The molecule has 17 heavy (non-hydrogen) atoms. The van der Waals surface area contributed by atoms with Gasteiger partial charge in [-0.1, -0.05) is 23.4 Å². The van der Waals surface area contributed by atoms with Gasteiger partial charge in [-0.15, -0.1) is 0 Å². The quantitative estimate of drug-likeness (QED) is 0.689. The zero-order valence-corrected chi connectivity index (χ0v) is 10.1. The highest BCUT2D eigenvalue weighted by atomic mass is 35.5. The van der Waals surface area contributed by atoms with Gasteiger partial charge in [-0.3, -0.25) is 0 Å². The number of aromatic nitrogens is 2. The third-order valence-corrected chi connectivity index (χ3v) is 2.56. The minimum Gasteiger partial charge on any atom is -0.331 e. The number of halogens is 3. The van der Waals surface area contributed by atoms with Gasteiger partial charge >= 0.3 is 11.3 Å². The molecular formula is C10H7ClF2N2OS. The lowest BCUT2D eigenvalue weighted by Crippen LogP contribution is -2.03. The molecule has 2 rings (SSSR count). The second kappa shape index (κ2) is 4.62. The van der Waals surface area contributed by atoms with Gasteiger partial charge in [0.25, 0.3) is 0 Å². The maximum atomic E-state index is 12.7. The van der Waals surface area contributed by atoms with E-state index in [9.17, 15) is 8.78 Å². The lowest BCUT2D eigenvalue weighted by Gasteiger charge is -1.99. The van der Waals surface area contributed by atoms with Gasteiger partial charge in [0.15, 0.2) is 0 Å². The van der Waals surface area contributed by atoms with Gasteiger partial charge in [-0.25, -0.2) is 0 Å². The lowest BCUT2D eigenvalue weighted by molar-refractivity contribution is 0.0551. The predicted molar refractivity (Wildman–Crippen MR) is 62.2 cm³/mol. The SMILES string of the molecule is FC(F)(Cl)c1nc(-c2cccc(CS)c2)no1. The zero-order valence-electron chi connectivity index (χ0n) is 8.40. The second-order valence-corrected chi connectivity index (χ2v) is 4.07. The fraction of sp³-hybridized carbons (Fsp3) is 0.200. The van der Waals surface area contributed by atoms with Crippen LogP contribution in [0.3, 0.4) is 0 Å². The summed E-state index contributed by atoms with van der Waals surface area (Å²) in [6, 6.07) is 7.05. The van der Waals surface area contributed by atoms with Crippen molar-refractivity contribution in [2.24, 2.45) is 0 Å². The molecule has 0 saturated carbocycles. The van der Waals surface area contributed by atoms with Gasteiger partial charge in [-0.05, 0) is 23.2 Å². The molecule has 0 saturated heterocycles. The van der Waals surface area contributed by atoms with E-state index >= 15 is 0 Å². The van der Waals surface area contributed by atoms with E-state index < -0.39 is 11.3 Å². The Balaban J connectivity index is 2.37. The van der Waals surface area contributed by atoms with Crippen LogP contribution in [0.2, 0.25) is 0 Å². The third kappa shape index (κ3) is 2.76. The fourth-order valence-corrected chi connectivity index (χ4v) is 1.54. The first-order valence-corrected chi connectivity index (χ1v) is 5.63. The van der Waals surface area contributed by atoms with Gasteiger partial charge in [0.1, 0.15) is 0 Å². The number of hydrogen-bond donors (Lipinski definition) is 1. The number of hydrogen-bond acceptors (Lipinski definition) is 4. The first kappa shape index (κ1) is 12.3. The largest absolute Gasteiger partial charge is 0.400 e. The smallest absolute Gasteiger partial charge is 0.331 e. The molecule has 0 aliphatic carbocycles. The summed E-state index contributed by atoms with van der Waals surface area (Å²) < 4.78 is 29.8. The molecule has 0 radical (unpaired) electrons. The maximum absolute atomic E-state index is 12.7. The van der Waals surface area contributed by atoms with E-state index in [1.165, 1.54) is 0 Å². The van der Waals surface area contributed by atoms with Crippen molar-refractivity contribution in [3.05, 3.63) is 35.7 Å². The molecule has 0 unspecified atom stereocenters. The predicted octanol–water partition coefficient (Wildman–Crippen LogP) is 3.45. The molecule has 90 valence electrons. The lowest BCUT2D eigenvalue weighted by atomic mass is 10.1. The van der Waals surface area contributed by atoms with Crippen LogP contribution < -0.4 is 0 Å². The Morgan fingerprint density at radius 3 is 2.76 bits per heavy atom. The topological polar surface area (TPSA) is 38.9 Å². The number of benzene rings is 1. The van der Waals surface area contributed by atoms with Crippen LogP contribution >= 0.6 is 24.2 Å². The highest BCUT2D eigenvalue weighted by molar-refractivity contribution is 7.79. The van der Waals surface area contributed by atoms with Crippen LogP contribution in [-0.4, -0.2) is 10.1 Å². The van der Waals surface area contributed by atoms with Crippen molar-refractivity contribution in [3.8, 4) is 11.4 Å². The van der Waals surface area contributed by atoms with Gasteiger partial charge in [-0.2, -0.15) is 26.4 Å². The van der Waals surface area contributed by atoms with E-state index in [4.69, 9.17) is 11.6 Å². The Hall–Kier alpha value is -1.14. The number of alkyl halides is 3. The van der Waals surface area contributed by atoms with Crippen LogP contribution in [0.4, 0.5) is 8.78 Å². The highest BCUT2D eigenvalue weighted by Crippen LogP contribution is 2.32. The summed E-state index contributed by atoms with van der Waals surface area (Å²) in [5, 5.41) is -0.194. The minimum atomic E-state index is -3.65. The Kier molecular flexibility index (Phi) is 3.35. The average molecular weight is 277 g/mol. The summed E-state index contributed by atoms with van der Waals surface area (Å²) in [7, 11) is 0. The van der Waals surface area contributed by atoms with Crippen LogP contribution in [0.25, 0.3) is 11.4 Å². The van der Waals surface area contributed by atoms with Crippen LogP contribution in [0, 0.1) is 0 Å². The Morgan fingerprint density at radius 1 is 1.41 bits per heavy atom. The van der Waals surface area contributed by atoms with Crippen molar-refractivity contribution in [1.29, 1.82) is 0 Å². The molecule has 0 aliphatic rings. The molecule has 0 amide bonds. The van der Waals surface area contributed by atoms with Crippen molar-refractivity contribution >= 4 is 24.2 Å². The minimum absolute atomic E-state index is 0.0731. The molecule has 0 fully saturated rings. The van der Waals surface area contributed by atoms with E-state index in [0.29, 0.717) is 11.3 Å². The van der Waals surface area contributed by atoms with Gasteiger partial charge in [0.2, 0.25) is 5.82 Å². The summed E-state index contributed by atoms with van der Waals surface area (Å²) >= 11 is 8.89. The van der Waals surface area contributed by atoms with E-state index in [1.54, 1.807) is 18.2 Å². The molecule has 1 heterocycles. The molecule has 3 nitrogen and oxygen atoms in total. The normalized spacial score (nSPS) is 11.8. The zero-order chi connectivity index (χ0) is 12.5. The second-order valence-electron chi connectivity index (χ2n) is 3.28. The van der Waals surface area contributed by atoms with E-state index in [-0.39, 0.29) is 5.82 Å². The molecule has 2 aromatic rings. The monoisotopic (exact) mass is 276 g/mol.